The predicted octanol–water partition coefficient (Wildman–Crippen LogP) is 0.609. The molecule has 1 unspecified atom stereocenters. The van der Waals surface area contributed by atoms with Gasteiger partial charge in [0.1, 0.15) is 0 Å². The first kappa shape index (κ1) is 4.28. The third-order valence-electron chi connectivity index (χ3n) is 0.0364. The van der Waals surface area contributed by atoms with Gasteiger partial charge in [0.2, 0.25) is 0 Å². The highest BCUT2D eigenvalue weighted by Crippen LogP contribution is 1.82. The van der Waals surface area contributed by atoms with Crippen LogP contribution in [-0.2, 0) is 9.77 Å². The van der Waals surface area contributed by atoms with Crippen LogP contribution in [0.1, 0.15) is 0 Å². The van der Waals surface area contributed by atoms with Crippen molar-refractivity contribution in [2.24, 2.45) is 0 Å². The van der Waals surface area contributed by atoms with Crippen molar-refractivity contribution < 1.29 is 14.3 Å². The molecule has 0 aliphatic rings. The van der Waals surface area contributed by atoms with Crippen LogP contribution in [0, 0.1) is 0 Å². The van der Waals surface area contributed by atoms with Crippen molar-refractivity contribution >= 4 is 9.47 Å². The molecule has 26 valence electrons. The Balaban J connectivity index is 1.97. The Bertz CT molecular complexity index is 8.00. The quantitative estimate of drug-likeness (QED) is 0.263. The molecule has 0 rings (SSSR count). The Morgan fingerprint density at radius 2 is 2.00 bits per heavy atom. The van der Waals surface area contributed by atoms with Crippen LogP contribution in [0.25, 0.3) is 0 Å². The summed E-state index contributed by atoms with van der Waals surface area (Å²) in [4.78, 5) is 0. The lowest BCUT2D eigenvalue weighted by molar-refractivity contribution is -0.360. The van der Waals surface area contributed by atoms with Crippen LogP contribution in [0.2, 0.25) is 0 Å². The first-order valence-corrected chi connectivity index (χ1v) is 1.03. The van der Waals surface area contributed by atoms with Crippen molar-refractivity contribution in [3.8, 4) is 0 Å². The Hall–Kier alpha value is 0.280. The molecule has 0 N–H and O–H groups in total. The van der Waals surface area contributed by atoms with Gasteiger partial charge in [-0.15, -0.1) is 0 Å². The van der Waals surface area contributed by atoms with E-state index in [9.17, 15) is 4.53 Å². The average Bonchev–Trinajstić information content (AvgIpc) is 1.37. The number of hydrogen-bond donors (Lipinski definition) is 0. The first-order chi connectivity index (χ1) is 1.91. The minimum atomic E-state index is 1.56. The maximum Gasteiger partial charge on any atom is 0.0459 e. The number of hydrogen-bond acceptors (Lipinski definition) is 2. The third-order valence-corrected chi connectivity index (χ3v) is 0.109. The van der Waals surface area contributed by atoms with E-state index in [2.05, 4.69) is 9.77 Å². The van der Waals surface area contributed by atoms with Crippen LogP contribution >= 0.6 is 9.47 Å². The van der Waals surface area contributed by atoms with Gasteiger partial charge < -0.3 is 0 Å². The molecule has 0 heterocycles. The molecule has 4 heavy (non-hydrogen) atoms. The fraction of sp³-hybridized carbons (Fsp3) is 0. The molecule has 0 bridgehead atoms. The van der Waals surface area contributed by atoms with Crippen LogP contribution in [0.3, 0.4) is 0 Å². The molecule has 0 aromatic carbocycles. The largest absolute Gasteiger partial charge is 0.187 e. The number of rotatable bonds is 1. The molecule has 0 saturated heterocycles. The van der Waals surface area contributed by atoms with E-state index in [-0.39, 0.29) is 0 Å². The van der Waals surface area contributed by atoms with E-state index < -0.39 is 0 Å². The smallest absolute Gasteiger partial charge is 0.0459 e. The third kappa shape index (κ3) is 2.28. The van der Waals surface area contributed by atoms with Gasteiger partial charge in [0, 0.05) is 9.47 Å². The summed E-state index contributed by atoms with van der Waals surface area (Å²) in [6.07, 6.45) is 0. The fourth-order valence-corrected chi connectivity index (χ4v) is 0. The van der Waals surface area contributed by atoms with Gasteiger partial charge in [-0.05, 0) is 9.62 Å². The Morgan fingerprint density at radius 1 is 1.75 bits per heavy atom. The lowest BCUT2D eigenvalue weighted by Crippen LogP contribution is -1.53. The van der Waals surface area contributed by atoms with Gasteiger partial charge in [-0.3, -0.25) is 0 Å². The minimum absolute atomic E-state index is 1.56. The molecule has 0 amide bonds. The Kier molecular flexibility index (Phi) is 3.51. The summed E-state index contributed by atoms with van der Waals surface area (Å²) >= 11 is 0. The van der Waals surface area contributed by atoms with E-state index in [0.717, 1.165) is 0 Å². The molecule has 0 aromatic rings. The highest BCUT2D eigenvalue weighted by Gasteiger charge is 1.55. The standard InChI is InChI=1S/FH2O2P/c1-2-3-4/h4H2. The van der Waals surface area contributed by atoms with Crippen molar-refractivity contribution in [3.05, 3.63) is 0 Å². The van der Waals surface area contributed by atoms with Gasteiger partial charge in [-0.25, -0.2) is 0 Å². The van der Waals surface area contributed by atoms with Gasteiger partial charge in [0.25, 0.3) is 0 Å². The van der Waals surface area contributed by atoms with Gasteiger partial charge in [-0.1, -0.05) is 0 Å². The molecule has 0 aliphatic carbocycles. The van der Waals surface area contributed by atoms with Gasteiger partial charge in [0.15, 0.2) is 0 Å². The fourth-order valence-electron chi connectivity index (χ4n) is 0. The molecule has 4 heteroatoms. The summed E-state index contributed by atoms with van der Waals surface area (Å²) in [5, 5.41) is 2.50. The SMILES string of the molecule is FOOP. The van der Waals surface area contributed by atoms with Crippen molar-refractivity contribution in [2.75, 3.05) is 0 Å². The average molecular weight is 84.0 g/mol. The molecule has 0 aliphatic heterocycles. The topological polar surface area (TPSA) is 18.5 Å². The van der Waals surface area contributed by atoms with Crippen molar-refractivity contribution in [1.82, 2.24) is 0 Å². The summed E-state index contributed by atoms with van der Waals surface area (Å²) in [7, 11) is 1.56. The molecule has 1 atom stereocenters. The summed E-state index contributed by atoms with van der Waals surface area (Å²) in [6, 6.07) is 0. The zero-order chi connectivity index (χ0) is 3.41. The monoisotopic (exact) mass is 84.0 g/mol. The van der Waals surface area contributed by atoms with Crippen LogP contribution in [0.15, 0.2) is 0 Å². The molecular formula is H2FO2P. The predicted molar refractivity (Wildman–Crippen MR) is 13.0 cm³/mol. The summed E-state index contributed by atoms with van der Waals surface area (Å²) in [6.45, 7) is 0. The van der Waals surface area contributed by atoms with Crippen LogP contribution in [0.5, 0.6) is 0 Å². The van der Waals surface area contributed by atoms with Crippen molar-refractivity contribution in [1.29, 1.82) is 0 Å². The lowest BCUT2D eigenvalue weighted by Gasteiger charge is -1.69. The van der Waals surface area contributed by atoms with E-state index in [1.165, 1.54) is 0 Å². The van der Waals surface area contributed by atoms with Crippen LogP contribution < -0.4 is 0 Å². The normalized spacial score (nSPS) is 7.50. The Morgan fingerprint density at radius 3 is 2.00 bits per heavy atom. The molecule has 0 aromatic heterocycles. The maximum absolute atomic E-state index is 9.98. The minimum Gasteiger partial charge on any atom is -0.187 e. The van der Waals surface area contributed by atoms with Crippen molar-refractivity contribution in [2.45, 2.75) is 0 Å². The van der Waals surface area contributed by atoms with Crippen LogP contribution in [-0.4, -0.2) is 0 Å². The second kappa shape index (κ2) is 3.28. The van der Waals surface area contributed by atoms with Gasteiger partial charge in [-0.2, -0.15) is 4.67 Å². The van der Waals surface area contributed by atoms with E-state index >= 15 is 0 Å². The second-order valence-electron chi connectivity index (χ2n) is 0.159. The lowest BCUT2D eigenvalue weighted by atomic mass is 14.8. The van der Waals surface area contributed by atoms with E-state index in [1.54, 1.807) is 9.47 Å². The maximum atomic E-state index is 9.98. The Labute approximate surface area is 25.0 Å². The summed E-state index contributed by atoms with van der Waals surface area (Å²) in [5.41, 5.74) is 0. The van der Waals surface area contributed by atoms with Gasteiger partial charge in [0.05, 0.1) is 0 Å². The van der Waals surface area contributed by atoms with Crippen LogP contribution in [0.4, 0.5) is 4.53 Å². The van der Waals surface area contributed by atoms with E-state index in [4.69, 9.17) is 0 Å². The van der Waals surface area contributed by atoms with E-state index in [1.807, 2.05) is 0 Å². The summed E-state index contributed by atoms with van der Waals surface area (Å²) in [5.74, 6) is 0. The zero-order valence-electron chi connectivity index (χ0n) is 1.77. The molecule has 0 saturated carbocycles. The molecule has 0 fully saturated rings. The molecule has 0 spiro atoms. The summed E-state index contributed by atoms with van der Waals surface area (Å²) < 4.78 is 13.3. The zero-order valence-corrected chi connectivity index (χ0v) is 2.93. The highest BCUT2D eigenvalue weighted by molar-refractivity contribution is 7.09. The molecular weight excluding hydrogens is 82.0 g/mol. The molecule has 0 radical (unpaired) electrons. The second-order valence-corrected chi connectivity index (χ2v) is 0.352. The number of halogens is 1. The highest BCUT2D eigenvalue weighted by atomic mass is 31.0. The van der Waals surface area contributed by atoms with Crippen molar-refractivity contribution in [3.63, 3.8) is 0 Å². The van der Waals surface area contributed by atoms with E-state index in [0.29, 0.717) is 0 Å². The van der Waals surface area contributed by atoms with Gasteiger partial charge >= 0.3 is 0 Å². The first-order valence-electron chi connectivity index (χ1n) is 0.557. The molecule has 2 nitrogen and oxygen atoms in total.